The van der Waals surface area contributed by atoms with Gasteiger partial charge in [-0.3, -0.25) is 9.59 Å². The summed E-state index contributed by atoms with van der Waals surface area (Å²) in [6, 6.07) is 11.5. The Bertz CT molecular complexity index is 730. The van der Waals surface area contributed by atoms with E-state index in [9.17, 15) is 9.59 Å². The average Bonchev–Trinajstić information content (AvgIpc) is 2.47. The molecule has 0 atom stereocenters. The third kappa shape index (κ3) is 4.07. The fourth-order valence-corrected chi connectivity index (χ4v) is 2.96. The van der Waals surface area contributed by atoms with Gasteiger partial charge in [0.2, 0.25) is 0 Å². The molecule has 0 amide bonds. The highest BCUT2D eigenvalue weighted by atomic mass is 16.5. The van der Waals surface area contributed by atoms with Gasteiger partial charge in [-0.1, -0.05) is 36.4 Å². The maximum absolute atomic E-state index is 12.0. The predicted octanol–water partition coefficient (Wildman–Crippen LogP) is 4.10. The van der Waals surface area contributed by atoms with Crippen molar-refractivity contribution >= 4 is 11.8 Å². The second-order valence-corrected chi connectivity index (χ2v) is 5.87. The molecule has 0 saturated heterocycles. The van der Waals surface area contributed by atoms with E-state index in [-0.39, 0.29) is 24.8 Å². The summed E-state index contributed by atoms with van der Waals surface area (Å²) in [5, 5.41) is 0. The molecule has 0 heterocycles. The maximum atomic E-state index is 12.0. The molecule has 3 heteroatoms. The van der Waals surface area contributed by atoms with Crippen LogP contribution < -0.4 is 0 Å². The van der Waals surface area contributed by atoms with Crippen LogP contribution in [0, 0.1) is 20.8 Å². The van der Waals surface area contributed by atoms with Gasteiger partial charge in [-0.2, -0.15) is 0 Å². The molecule has 2 rings (SSSR count). The third-order valence-electron chi connectivity index (χ3n) is 4.05. The van der Waals surface area contributed by atoms with Crippen molar-refractivity contribution in [1.82, 2.24) is 0 Å². The van der Waals surface area contributed by atoms with Crippen molar-refractivity contribution in [2.45, 2.75) is 40.7 Å². The maximum Gasteiger partial charge on any atom is 0.310 e. The van der Waals surface area contributed by atoms with Gasteiger partial charge in [-0.25, -0.2) is 0 Å². The molecule has 0 fully saturated rings. The first-order chi connectivity index (χ1) is 10.9. The van der Waals surface area contributed by atoms with Crippen LogP contribution in [0.2, 0.25) is 0 Å². The summed E-state index contributed by atoms with van der Waals surface area (Å²) < 4.78 is 5.42. The Balaban J connectivity index is 2.13. The minimum absolute atomic E-state index is 0.0388. The largest absolute Gasteiger partial charge is 0.461 e. The number of hydrogen-bond acceptors (Lipinski definition) is 3. The van der Waals surface area contributed by atoms with E-state index in [2.05, 4.69) is 0 Å². The molecule has 0 aliphatic carbocycles. The second-order valence-electron chi connectivity index (χ2n) is 5.87. The molecule has 0 aliphatic rings. The zero-order chi connectivity index (χ0) is 17.0. The molecule has 0 spiro atoms. The van der Waals surface area contributed by atoms with Crippen molar-refractivity contribution in [3.05, 3.63) is 69.8 Å². The number of carbonyl (C=O) groups is 2. The minimum Gasteiger partial charge on any atom is -0.461 e. The van der Waals surface area contributed by atoms with E-state index in [0.717, 1.165) is 33.4 Å². The molecule has 0 aromatic heterocycles. The lowest BCUT2D eigenvalue weighted by molar-refractivity contribution is -0.144. The van der Waals surface area contributed by atoms with Crippen LogP contribution in [0.1, 0.15) is 45.1 Å². The van der Waals surface area contributed by atoms with E-state index < -0.39 is 0 Å². The Morgan fingerprint density at radius 3 is 2.26 bits per heavy atom. The predicted molar refractivity (Wildman–Crippen MR) is 90.6 cm³/mol. The molecule has 3 nitrogen and oxygen atoms in total. The first-order valence-electron chi connectivity index (χ1n) is 7.70. The van der Waals surface area contributed by atoms with Crippen molar-refractivity contribution in [2.75, 3.05) is 0 Å². The van der Waals surface area contributed by atoms with Crippen LogP contribution in [0.15, 0.2) is 36.4 Å². The van der Waals surface area contributed by atoms with Crippen molar-refractivity contribution in [2.24, 2.45) is 0 Å². The molecule has 0 unspecified atom stereocenters. The molecule has 0 radical (unpaired) electrons. The number of rotatable bonds is 5. The number of carbonyl (C=O) groups excluding carboxylic acids is 2. The summed E-state index contributed by atoms with van der Waals surface area (Å²) in [5.74, 6) is -0.225. The molecular formula is C20H22O3. The Morgan fingerprint density at radius 2 is 1.65 bits per heavy atom. The fraction of sp³-hybridized carbons (Fsp3) is 0.300. The van der Waals surface area contributed by atoms with Crippen LogP contribution in [0.5, 0.6) is 0 Å². The van der Waals surface area contributed by atoms with E-state index in [1.807, 2.05) is 57.2 Å². The lowest BCUT2D eigenvalue weighted by atomic mass is 9.92. The summed E-state index contributed by atoms with van der Waals surface area (Å²) in [6.45, 7) is 7.59. The molecule has 120 valence electrons. The zero-order valence-corrected chi connectivity index (χ0v) is 14.1. The summed E-state index contributed by atoms with van der Waals surface area (Å²) in [6.07, 6.45) is 0.254. The summed E-state index contributed by atoms with van der Waals surface area (Å²) >= 11 is 0. The second kappa shape index (κ2) is 7.23. The van der Waals surface area contributed by atoms with Crippen LogP contribution in [0.25, 0.3) is 0 Å². The standard InChI is InChI=1S/C20H22O3/c1-13-10-14(2)20(16(4)21)15(3)18(13)12-23-19(22)11-17-8-6-5-7-9-17/h5-10H,11-12H2,1-4H3. The van der Waals surface area contributed by atoms with Crippen molar-refractivity contribution in [3.8, 4) is 0 Å². The third-order valence-corrected chi connectivity index (χ3v) is 4.05. The highest BCUT2D eigenvalue weighted by Crippen LogP contribution is 2.23. The van der Waals surface area contributed by atoms with E-state index in [0.29, 0.717) is 0 Å². The number of hydrogen-bond donors (Lipinski definition) is 0. The Hall–Kier alpha value is -2.42. The van der Waals surface area contributed by atoms with Gasteiger partial charge in [-0.15, -0.1) is 0 Å². The molecular weight excluding hydrogens is 288 g/mol. The quantitative estimate of drug-likeness (QED) is 0.617. The summed E-state index contributed by atoms with van der Waals surface area (Å²) in [7, 11) is 0. The van der Waals surface area contributed by atoms with Gasteiger partial charge in [0.05, 0.1) is 6.42 Å². The van der Waals surface area contributed by atoms with Crippen LogP contribution in [-0.4, -0.2) is 11.8 Å². The lowest BCUT2D eigenvalue weighted by Gasteiger charge is -2.16. The monoisotopic (exact) mass is 310 g/mol. The summed E-state index contributed by atoms with van der Waals surface area (Å²) in [5.41, 5.74) is 5.48. The SMILES string of the molecule is CC(=O)c1c(C)cc(C)c(COC(=O)Cc2ccccc2)c1C. The molecule has 2 aromatic rings. The molecule has 0 saturated carbocycles. The number of ether oxygens (including phenoxy) is 1. The molecule has 23 heavy (non-hydrogen) atoms. The normalized spacial score (nSPS) is 10.4. The van der Waals surface area contributed by atoms with Crippen LogP contribution >= 0.6 is 0 Å². The van der Waals surface area contributed by atoms with Crippen LogP contribution in [0.4, 0.5) is 0 Å². The number of ketones is 1. The van der Waals surface area contributed by atoms with Gasteiger partial charge in [0.25, 0.3) is 0 Å². The lowest BCUT2D eigenvalue weighted by Crippen LogP contribution is -2.11. The van der Waals surface area contributed by atoms with E-state index in [1.54, 1.807) is 6.92 Å². The van der Waals surface area contributed by atoms with Crippen molar-refractivity contribution in [3.63, 3.8) is 0 Å². The number of aryl methyl sites for hydroxylation is 2. The molecule has 2 aromatic carbocycles. The van der Waals surface area contributed by atoms with Crippen molar-refractivity contribution < 1.29 is 14.3 Å². The van der Waals surface area contributed by atoms with Gasteiger partial charge in [0, 0.05) is 5.56 Å². The molecule has 0 N–H and O–H groups in total. The Labute approximate surface area is 137 Å². The number of esters is 1. The van der Waals surface area contributed by atoms with Gasteiger partial charge in [-0.05, 0) is 55.5 Å². The van der Waals surface area contributed by atoms with Gasteiger partial charge in [0.15, 0.2) is 5.78 Å². The minimum atomic E-state index is -0.264. The first-order valence-corrected chi connectivity index (χ1v) is 7.70. The van der Waals surface area contributed by atoms with Crippen molar-refractivity contribution in [1.29, 1.82) is 0 Å². The number of benzene rings is 2. The fourth-order valence-electron chi connectivity index (χ4n) is 2.96. The number of Topliss-reactive ketones (excluding diaryl/α,β-unsaturated/α-hetero) is 1. The van der Waals surface area contributed by atoms with Gasteiger partial charge >= 0.3 is 5.97 Å². The molecule has 0 aliphatic heterocycles. The average molecular weight is 310 g/mol. The topological polar surface area (TPSA) is 43.4 Å². The van der Waals surface area contributed by atoms with E-state index in [4.69, 9.17) is 4.74 Å². The first kappa shape index (κ1) is 16.9. The van der Waals surface area contributed by atoms with E-state index >= 15 is 0 Å². The molecule has 0 bridgehead atoms. The van der Waals surface area contributed by atoms with Crippen LogP contribution in [0.3, 0.4) is 0 Å². The smallest absolute Gasteiger partial charge is 0.310 e. The van der Waals surface area contributed by atoms with E-state index in [1.165, 1.54) is 0 Å². The highest BCUT2D eigenvalue weighted by molar-refractivity contribution is 5.97. The highest BCUT2D eigenvalue weighted by Gasteiger charge is 2.15. The van der Waals surface area contributed by atoms with Gasteiger partial charge in [0.1, 0.15) is 6.61 Å². The van der Waals surface area contributed by atoms with Gasteiger partial charge < -0.3 is 4.74 Å². The zero-order valence-electron chi connectivity index (χ0n) is 14.1. The van der Waals surface area contributed by atoms with Crippen LogP contribution in [-0.2, 0) is 22.6 Å². The Kier molecular flexibility index (Phi) is 5.32. The Morgan fingerprint density at radius 1 is 1.00 bits per heavy atom. The summed E-state index contributed by atoms with van der Waals surface area (Å²) in [4.78, 5) is 23.8.